The van der Waals surface area contributed by atoms with Gasteiger partial charge in [-0.2, -0.15) is 0 Å². The minimum atomic E-state index is 0.456. The van der Waals surface area contributed by atoms with Crippen molar-refractivity contribution < 1.29 is 4.74 Å². The normalized spacial score (nSPS) is 26.5. The molecule has 2 aliphatic heterocycles. The summed E-state index contributed by atoms with van der Waals surface area (Å²) < 4.78 is 5.52. The summed E-state index contributed by atoms with van der Waals surface area (Å²) in [6, 6.07) is 6.20. The van der Waals surface area contributed by atoms with Crippen molar-refractivity contribution >= 4 is 0 Å². The number of methoxy groups -OCH3 is 1. The van der Waals surface area contributed by atoms with Crippen molar-refractivity contribution in [3.05, 3.63) is 30.1 Å². The zero-order chi connectivity index (χ0) is 14.7. The van der Waals surface area contributed by atoms with Crippen LogP contribution in [0.2, 0.25) is 0 Å². The Morgan fingerprint density at radius 3 is 2.81 bits per heavy atom. The molecule has 116 valence electrons. The van der Waals surface area contributed by atoms with E-state index >= 15 is 0 Å². The first-order valence-corrected chi connectivity index (χ1v) is 8.02. The minimum absolute atomic E-state index is 0.456. The first-order valence-electron chi connectivity index (χ1n) is 8.02. The number of rotatable bonds is 4. The van der Waals surface area contributed by atoms with Crippen LogP contribution in [0.25, 0.3) is 0 Å². The molecule has 0 bridgehead atoms. The van der Waals surface area contributed by atoms with Gasteiger partial charge in [0.25, 0.3) is 0 Å². The second-order valence-electron chi connectivity index (χ2n) is 6.81. The highest BCUT2D eigenvalue weighted by Crippen LogP contribution is 2.44. The largest absolute Gasteiger partial charge is 0.384 e. The van der Waals surface area contributed by atoms with E-state index in [1.54, 1.807) is 0 Å². The lowest BCUT2D eigenvalue weighted by atomic mass is 9.71. The fraction of sp³-hybridized carbons (Fsp3) is 0.706. The Morgan fingerprint density at radius 2 is 2.14 bits per heavy atom. The van der Waals surface area contributed by atoms with Crippen LogP contribution < -0.4 is 0 Å². The molecular formula is C17H27N3O. The van der Waals surface area contributed by atoms with Crippen molar-refractivity contribution in [3.8, 4) is 0 Å². The van der Waals surface area contributed by atoms with Crippen LogP contribution in [-0.2, 0) is 11.3 Å². The van der Waals surface area contributed by atoms with Gasteiger partial charge in [-0.05, 0) is 50.5 Å². The number of pyridine rings is 1. The molecule has 0 unspecified atom stereocenters. The van der Waals surface area contributed by atoms with Crippen LogP contribution >= 0.6 is 0 Å². The summed E-state index contributed by atoms with van der Waals surface area (Å²) in [5.74, 6) is 0.667. The fourth-order valence-corrected chi connectivity index (χ4v) is 4.05. The molecule has 2 saturated heterocycles. The van der Waals surface area contributed by atoms with E-state index in [0.717, 1.165) is 19.7 Å². The molecule has 0 aromatic carbocycles. The van der Waals surface area contributed by atoms with Crippen LogP contribution in [0, 0.1) is 11.3 Å². The van der Waals surface area contributed by atoms with Gasteiger partial charge in [0.1, 0.15) is 0 Å². The third-order valence-electron chi connectivity index (χ3n) is 5.35. The van der Waals surface area contributed by atoms with Gasteiger partial charge in [-0.15, -0.1) is 0 Å². The van der Waals surface area contributed by atoms with Gasteiger partial charge in [0.05, 0.1) is 12.3 Å². The van der Waals surface area contributed by atoms with Gasteiger partial charge in [0.2, 0.25) is 0 Å². The van der Waals surface area contributed by atoms with Crippen LogP contribution in [0.1, 0.15) is 18.5 Å². The number of hydrogen-bond acceptors (Lipinski definition) is 4. The van der Waals surface area contributed by atoms with Crippen LogP contribution in [0.3, 0.4) is 0 Å². The highest BCUT2D eigenvalue weighted by molar-refractivity contribution is 5.06. The molecule has 0 amide bonds. The van der Waals surface area contributed by atoms with Crippen molar-refractivity contribution in [1.82, 2.24) is 14.8 Å². The lowest BCUT2D eigenvalue weighted by Gasteiger charge is -2.41. The molecule has 1 aromatic heterocycles. The minimum Gasteiger partial charge on any atom is -0.384 e. The van der Waals surface area contributed by atoms with Gasteiger partial charge in [-0.25, -0.2) is 0 Å². The Morgan fingerprint density at radius 1 is 1.33 bits per heavy atom. The quantitative estimate of drug-likeness (QED) is 0.846. The van der Waals surface area contributed by atoms with Crippen molar-refractivity contribution in [3.63, 3.8) is 0 Å². The molecule has 1 spiro atoms. The average molecular weight is 289 g/mol. The smallest absolute Gasteiger partial charge is 0.0543 e. The lowest BCUT2D eigenvalue weighted by molar-refractivity contribution is 0.0448. The molecule has 21 heavy (non-hydrogen) atoms. The van der Waals surface area contributed by atoms with Gasteiger partial charge in [0, 0.05) is 38.9 Å². The molecule has 2 fully saturated rings. The standard InChI is InChI=1S/C17H27N3O/c1-19-9-6-17(7-10-19)14-20(11-15(17)13-21-2)12-16-5-3-4-8-18-16/h3-5,8,15H,6-7,9-14H2,1-2H3/t15-/m1/s1. The van der Waals surface area contributed by atoms with Crippen molar-refractivity contribution in [2.75, 3.05) is 46.9 Å². The van der Waals surface area contributed by atoms with Crippen LogP contribution in [0.5, 0.6) is 0 Å². The average Bonchev–Trinajstić information content (AvgIpc) is 2.81. The molecule has 0 radical (unpaired) electrons. The summed E-state index contributed by atoms with van der Waals surface area (Å²) in [6.45, 7) is 6.65. The maximum Gasteiger partial charge on any atom is 0.0543 e. The number of aromatic nitrogens is 1. The topological polar surface area (TPSA) is 28.6 Å². The fourth-order valence-electron chi connectivity index (χ4n) is 4.05. The molecule has 1 atom stereocenters. The summed E-state index contributed by atoms with van der Waals surface area (Å²) in [6.07, 6.45) is 4.50. The second-order valence-corrected chi connectivity index (χ2v) is 6.81. The highest BCUT2D eigenvalue weighted by atomic mass is 16.5. The van der Waals surface area contributed by atoms with Gasteiger partial charge < -0.3 is 9.64 Å². The van der Waals surface area contributed by atoms with E-state index in [4.69, 9.17) is 4.74 Å². The maximum atomic E-state index is 5.52. The van der Waals surface area contributed by atoms with E-state index in [0.29, 0.717) is 11.3 Å². The number of piperidine rings is 1. The zero-order valence-corrected chi connectivity index (χ0v) is 13.3. The maximum absolute atomic E-state index is 5.52. The first-order chi connectivity index (χ1) is 10.2. The third kappa shape index (κ3) is 3.28. The predicted octanol–water partition coefficient (Wildman–Crippen LogP) is 1.87. The van der Waals surface area contributed by atoms with E-state index in [1.165, 1.54) is 38.2 Å². The monoisotopic (exact) mass is 289 g/mol. The third-order valence-corrected chi connectivity index (χ3v) is 5.35. The van der Waals surface area contributed by atoms with Crippen molar-refractivity contribution in [1.29, 1.82) is 0 Å². The Hall–Kier alpha value is -0.970. The van der Waals surface area contributed by atoms with Crippen LogP contribution in [-0.4, -0.2) is 61.7 Å². The molecule has 3 rings (SSSR count). The highest BCUT2D eigenvalue weighted by Gasteiger charge is 2.47. The van der Waals surface area contributed by atoms with E-state index in [-0.39, 0.29) is 0 Å². The van der Waals surface area contributed by atoms with Gasteiger partial charge in [-0.3, -0.25) is 9.88 Å². The molecule has 0 saturated carbocycles. The summed E-state index contributed by atoms with van der Waals surface area (Å²) >= 11 is 0. The summed E-state index contributed by atoms with van der Waals surface area (Å²) in [5.41, 5.74) is 1.63. The van der Waals surface area contributed by atoms with E-state index in [1.807, 2.05) is 19.4 Å². The number of hydrogen-bond donors (Lipinski definition) is 0. The Labute approximate surface area is 128 Å². The lowest BCUT2D eigenvalue weighted by Crippen LogP contribution is -2.43. The van der Waals surface area contributed by atoms with E-state index in [9.17, 15) is 0 Å². The predicted molar refractivity (Wildman–Crippen MR) is 84.0 cm³/mol. The second kappa shape index (κ2) is 6.42. The van der Waals surface area contributed by atoms with Gasteiger partial charge in [0.15, 0.2) is 0 Å². The molecular weight excluding hydrogens is 262 g/mol. The van der Waals surface area contributed by atoms with Crippen LogP contribution in [0.15, 0.2) is 24.4 Å². The van der Waals surface area contributed by atoms with Crippen molar-refractivity contribution in [2.45, 2.75) is 19.4 Å². The molecule has 4 nitrogen and oxygen atoms in total. The first kappa shape index (κ1) is 14.9. The molecule has 1 aromatic rings. The van der Waals surface area contributed by atoms with Crippen LogP contribution in [0.4, 0.5) is 0 Å². The Bertz CT molecular complexity index is 443. The molecule has 0 aliphatic carbocycles. The van der Waals surface area contributed by atoms with Crippen molar-refractivity contribution in [2.24, 2.45) is 11.3 Å². The van der Waals surface area contributed by atoms with E-state index in [2.05, 4.69) is 34.0 Å². The SMILES string of the molecule is COC[C@H]1CN(Cc2ccccn2)CC12CCN(C)CC2. The molecule has 0 N–H and O–H groups in total. The zero-order valence-electron chi connectivity index (χ0n) is 13.3. The summed E-state index contributed by atoms with van der Waals surface area (Å²) in [4.78, 5) is 9.51. The molecule has 3 heterocycles. The molecule has 2 aliphatic rings. The van der Waals surface area contributed by atoms with Gasteiger partial charge in [-0.1, -0.05) is 6.07 Å². The van der Waals surface area contributed by atoms with E-state index < -0.39 is 0 Å². The Kier molecular flexibility index (Phi) is 4.57. The van der Waals surface area contributed by atoms with Gasteiger partial charge >= 0.3 is 0 Å². The molecule has 4 heteroatoms. The Balaban J connectivity index is 1.69. The number of likely N-dealkylation sites (tertiary alicyclic amines) is 2. The number of nitrogens with zero attached hydrogens (tertiary/aromatic N) is 3. The number of ether oxygens (including phenoxy) is 1. The summed E-state index contributed by atoms with van der Waals surface area (Å²) in [7, 11) is 4.07. The summed E-state index contributed by atoms with van der Waals surface area (Å²) in [5, 5.41) is 0.